The van der Waals surface area contributed by atoms with Gasteiger partial charge in [-0.1, -0.05) is 0 Å². The van der Waals surface area contributed by atoms with Crippen molar-refractivity contribution in [2.24, 2.45) is 0 Å². The van der Waals surface area contributed by atoms with Gasteiger partial charge in [-0.05, 0) is 82.8 Å². The molecule has 7 rings (SSSR count). The Morgan fingerprint density at radius 2 is 1.71 bits per heavy atom. The molecule has 0 atom stereocenters. The number of imidazole rings is 1. The third kappa shape index (κ3) is 6.48. The van der Waals surface area contributed by atoms with Crippen LogP contribution in [0.5, 0.6) is 5.75 Å². The average molecular weight is 657 g/mol. The highest BCUT2D eigenvalue weighted by atomic mass is 19.1. The largest absolute Gasteiger partial charge is 0.496 e. The van der Waals surface area contributed by atoms with E-state index in [0.717, 1.165) is 81.7 Å². The number of amides is 1. The second-order valence-electron chi connectivity index (χ2n) is 13.5. The minimum absolute atomic E-state index is 0.000839. The summed E-state index contributed by atoms with van der Waals surface area (Å²) in [4.78, 5) is 34.7. The van der Waals surface area contributed by atoms with Crippen LogP contribution in [-0.4, -0.2) is 106 Å². The van der Waals surface area contributed by atoms with E-state index < -0.39 is 11.7 Å². The number of piperidine rings is 1. The predicted octanol–water partition coefficient (Wildman–Crippen LogP) is 4.89. The van der Waals surface area contributed by atoms with E-state index in [9.17, 15) is 9.90 Å². The number of likely N-dealkylation sites (N-methyl/N-ethyl adjacent to an activating group) is 1. The van der Waals surface area contributed by atoms with Gasteiger partial charge in [0.25, 0.3) is 5.91 Å². The Morgan fingerprint density at radius 1 is 0.958 bits per heavy atom. The number of anilines is 2. The number of halogens is 1. The van der Waals surface area contributed by atoms with E-state index in [1.54, 1.807) is 19.2 Å². The first-order valence-corrected chi connectivity index (χ1v) is 17.1. The van der Waals surface area contributed by atoms with Crippen molar-refractivity contribution in [1.82, 2.24) is 29.3 Å². The molecule has 12 heteroatoms. The molecule has 3 fully saturated rings. The molecule has 0 unspecified atom stereocenters. The zero-order valence-corrected chi connectivity index (χ0v) is 28.0. The van der Waals surface area contributed by atoms with Crippen LogP contribution in [0.3, 0.4) is 0 Å². The monoisotopic (exact) mass is 656 g/mol. The van der Waals surface area contributed by atoms with Crippen LogP contribution in [0.15, 0.2) is 42.7 Å². The van der Waals surface area contributed by atoms with E-state index in [-0.39, 0.29) is 23.4 Å². The highest BCUT2D eigenvalue weighted by molar-refractivity contribution is 6.05. The van der Waals surface area contributed by atoms with Gasteiger partial charge in [-0.25, -0.2) is 14.4 Å². The smallest absolute Gasteiger partial charge is 0.261 e. The zero-order valence-electron chi connectivity index (χ0n) is 28.0. The van der Waals surface area contributed by atoms with Gasteiger partial charge >= 0.3 is 0 Å². The van der Waals surface area contributed by atoms with Gasteiger partial charge in [0.1, 0.15) is 11.4 Å². The van der Waals surface area contributed by atoms with Crippen molar-refractivity contribution < 1.29 is 19.0 Å². The number of benzene rings is 1. The number of aliphatic hydroxyl groups excluding tert-OH is 1. The van der Waals surface area contributed by atoms with E-state index in [1.165, 1.54) is 19.4 Å². The molecule has 1 aromatic carbocycles. The number of aromatic nitrogens is 4. The summed E-state index contributed by atoms with van der Waals surface area (Å²) in [6.07, 6.45) is 7.82. The van der Waals surface area contributed by atoms with Crippen molar-refractivity contribution in [2.75, 3.05) is 63.6 Å². The van der Waals surface area contributed by atoms with Gasteiger partial charge in [-0.2, -0.15) is 0 Å². The van der Waals surface area contributed by atoms with Gasteiger partial charge < -0.3 is 24.2 Å². The molecule has 3 aromatic heterocycles. The molecule has 2 aliphatic heterocycles. The van der Waals surface area contributed by atoms with Crippen molar-refractivity contribution in [3.05, 3.63) is 59.8 Å². The van der Waals surface area contributed by atoms with E-state index in [4.69, 9.17) is 9.72 Å². The standard InChI is InChI=1S/C36H45FN8O3/c1-23-20-28(33(37)34(39-23)29-22-38-13-10-32(29)48-3)35(47)41-36-40-30-9-6-26(21-31(30)45(36)25-4-7-27(46)8-5-25)43-14-11-24(12-15-43)44-18-16-42(2)17-19-44/h6,9-10,13,20-22,24-25,27,46H,4-5,7-8,11-12,14-19H2,1-3H3,(H,40,41,47)/t25-,27+. The molecule has 1 saturated carbocycles. The van der Waals surface area contributed by atoms with Crippen molar-refractivity contribution in [3.8, 4) is 17.0 Å². The normalized spacial score (nSPS) is 21.5. The number of ether oxygens (including phenoxy) is 1. The van der Waals surface area contributed by atoms with Crippen LogP contribution in [0.4, 0.5) is 16.0 Å². The SMILES string of the molecule is COc1ccncc1-c1nc(C)cc(C(=O)Nc2nc3ccc(N4CCC(N5CCN(C)CC5)CC4)cc3n2[C@H]2CC[C@@H](O)CC2)c1F. The van der Waals surface area contributed by atoms with Crippen molar-refractivity contribution >= 4 is 28.6 Å². The van der Waals surface area contributed by atoms with Gasteiger partial charge in [-0.15, -0.1) is 0 Å². The summed E-state index contributed by atoms with van der Waals surface area (Å²) >= 11 is 0. The molecule has 3 aliphatic rings. The van der Waals surface area contributed by atoms with Crippen LogP contribution in [0.2, 0.25) is 0 Å². The molecule has 5 heterocycles. The van der Waals surface area contributed by atoms with Gasteiger partial charge in [0, 0.05) is 75.1 Å². The number of piperazine rings is 1. The maximum Gasteiger partial charge on any atom is 0.261 e. The zero-order chi connectivity index (χ0) is 33.4. The van der Waals surface area contributed by atoms with Crippen molar-refractivity contribution in [3.63, 3.8) is 0 Å². The number of carbonyl (C=O) groups excluding carboxylic acids is 1. The molecule has 1 aliphatic carbocycles. The lowest BCUT2D eigenvalue weighted by molar-refractivity contribution is 0.0982. The topological polar surface area (TPSA) is 112 Å². The van der Waals surface area contributed by atoms with E-state index >= 15 is 4.39 Å². The lowest BCUT2D eigenvalue weighted by Gasteiger charge is -2.42. The quantitative estimate of drug-likeness (QED) is 0.287. The number of nitrogens with one attached hydrogen (secondary N) is 1. The first-order valence-electron chi connectivity index (χ1n) is 17.1. The van der Waals surface area contributed by atoms with Crippen LogP contribution in [0.25, 0.3) is 22.3 Å². The molecule has 1 amide bonds. The Labute approximate surface area is 280 Å². The fourth-order valence-corrected chi connectivity index (χ4v) is 7.64. The summed E-state index contributed by atoms with van der Waals surface area (Å²) in [5.41, 5.74) is 3.55. The molecule has 254 valence electrons. The number of hydrogen-bond donors (Lipinski definition) is 2. The molecule has 4 aromatic rings. The van der Waals surface area contributed by atoms with Gasteiger partial charge in [0.15, 0.2) is 5.82 Å². The highest BCUT2D eigenvalue weighted by Gasteiger charge is 2.30. The van der Waals surface area contributed by atoms with Crippen LogP contribution >= 0.6 is 0 Å². The number of carbonyl (C=O) groups is 1. The van der Waals surface area contributed by atoms with Crippen LogP contribution in [-0.2, 0) is 0 Å². The fraction of sp³-hybridized carbons (Fsp3) is 0.500. The number of methoxy groups -OCH3 is 1. The number of aliphatic hydroxyl groups is 1. The lowest BCUT2D eigenvalue weighted by Crippen LogP contribution is -2.52. The summed E-state index contributed by atoms with van der Waals surface area (Å²) in [5, 5.41) is 13.2. The number of pyridine rings is 2. The maximum absolute atomic E-state index is 16.1. The Kier molecular flexibility index (Phi) is 9.30. The second-order valence-corrected chi connectivity index (χ2v) is 13.5. The molecular formula is C36H45FN8O3. The molecule has 0 radical (unpaired) electrons. The first kappa shape index (κ1) is 32.4. The number of hydrogen-bond acceptors (Lipinski definition) is 9. The van der Waals surface area contributed by atoms with E-state index in [2.05, 4.69) is 53.7 Å². The maximum atomic E-state index is 16.1. The summed E-state index contributed by atoms with van der Waals surface area (Å²) < 4.78 is 23.6. The van der Waals surface area contributed by atoms with Gasteiger partial charge in [0.2, 0.25) is 5.95 Å². The molecular weight excluding hydrogens is 611 g/mol. The molecule has 2 saturated heterocycles. The van der Waals surface area contributed by atoms with E-state index in [0.29, 0.717) is 41.8 Å². The Bertz CT molecular complexity index is 1770. The van der Waals surface area contributed by atoms with Gasteiger partial charge in [-0.3, -0.25) is 20.0 Å². The Balaban J connectivity index is 1.18. The van der Waals surface area contributed by atoms with Crippen LogP contribution in [0, 0.1) is 12.7 Å². The molecule has 2 N–H and O–H groups in total. The average Bonchev–Trinajstić information content (AvgIpc) is 3.46. The minimum atomic E-state index is -0.755. The van der Waals surface area contributed by atoms with Crippen molar-refractivity contribution in [1.29, 1.82) is 0 Å². The third-order valence-corrected chi connectivity index (χ3v) is 10.4. The highest BCUT2D eigenvalue weighted by Crippen LogP contribution is 2.37. The fourth-order valence-electron chi connectivity index (χ4n) is 7.64. The lowest BCUT2D eigenvalue weighted by atomic mass is 9.93. The Morgan fingerprint density at radius 3 is 2.44 bits per heavy atom. The summed E-state index contributed by atoms with van der Waals surface area (Å²) in [5.74, 6) is -0.582. The number of fused-ring (bicyclic) bond motifs is 1. The van der Waals surface area contributed by atoms with Gasteiger partial charge in [0.05, 0.1) is 35.4 Å². The molecule has 48 heavy (non-hydrogen) atoms. The molecule has 11 nitrogen and oxygen atoms in total. The van der Waals surface area contributed by atoms with Crippen LogP contribution in [0.1, 0.15) is 60.6 Å². The van der Waals surface area contributed by atoms with E-state index in [1.807, 2.05) is 6.07 Å². The summed E-state index contributed by atoms with van der Waals surface area (Å²) in [7, 11) is 3.69. The first-order chi connectivity index (χ1) is 23.3. The summed E-state index contributed by atoms with van der Waals surface area (Å²) in [6.45, 7) is 8.23. The Hall–Kier alpha value is -4.13. The number of nitrogens with zero attached hydrogens (tertiary/aromatic N) is 7. The molecule has 0 bridgehead atoms. The van der Waals surface area contributed by atoms with Crippen LogP contribution < -0.4 is 15.0 Å². The number of rotatable bonds is 7. The minimum Gasteiger partial charge on any atom is -0.496 e. The van der Waals surface area contributed by atoms with Crippen molar-refractivity contribution in [2.45, 2.75) is 63.6 Å². The number of aryl methyl sites for hydroxylation is 1. The molecule has 0 spiro atoms. The summed E-state index contributed by atoms with van der Waals surface area (Å²) in [6, 6.07) is 10.1. The second kappa shape index (κ2) is 13.8. The predicted molar refractivity (Wildman–Crippen MR) is 184 cm³/mol. The third-order valence-electron chi connectivity index (χ3n) is 10.4.